The third-order valence-corrected chi connectivity index (χ3v) is 5.42. The number of hydrogen-bond donors (Lipinski definition) is 0. The molecule has 9 heavy (non-hydrogen) atoms. The van der Waals surface area contributed by atoms with E-state index in [1.165, 1.54) is 18.9 Å². The lowest BCUT2D eigenvalue weighted by atomic mass is 10.4. The zero-order valence-corrected chi connectivity index (χ0v) is 8.47. The third-order valence-electron chi connectivity index (χ3n) is 1.30. The molecule has 0 heterocycles. The van der Waals surface area contributed by atoms with Crippen LogP contribution in [0.15, 0.2) is 0 Å². The molecule has 0 aromatic heterocycles. The highest BCUT2D eigenvalue weighted by atomic mass is 35.5. The Kier molecular flexibility index (Phi) is 6.07. The minimum Gasteiger partial charge on any atom is -0.110 e. The Morgan fingerprint density at radius 1 is 1.44 bits per heavy atom. The molecule has 0 spiro atoms. The largest absolute Gasteiger partial charge is 0.110 e. The van der Waals surface area contributed by atoms with E-state index in [2.05, 4.69) is 13.5 Å². The second-order valence-corrected chi connectivity index (χ2v) is 6.85. The minimum atomic E-state index is -0.438. The zero-order chi connectivity index (χ0) is 7.28. The summed E-state index contributed by atoms with van der Waals surface area (Å²) in [7, 11) is -0.438. The van der Waals surface area contributed by atoms with Crippen molar-refractivity contribution in [1.29, 1.82) is 0 Å². The number of unbranched alkanes of at least 4 members (excludes halogenated alkanes) is 1. The van der Waals surface area contributed by atoms with Crippen molar-refractivity contribution >= 4 is 32.0 Å². The molecule has 0 unspecified atom stereocenters. The van der Waals surface area contributed by atoms with Crippen molar-refractivity contribution in [1.82, 2.24) is 0 Å². The molecule has 0 aliphatic heterocycles. The quantitative estimate of drug-likeness (QED) is 0.464. The van der Waals surface area contributed by atoms with Gasteiger partial charge in [-0.2, -0.15) is 0 Å². The Bertz CT molecular complexity index is 66.1. The molecule has 0 bridgehead atoms. The van der Waals surface area contributed by atoms with Gasteiger partial charge in [0.25, 0.3) is 0 Å². The van der Waals surface area contributed by atoms with E-state index >= 15 is 0 Å². The first-order chi connectivity index (χ1) is 4.18. The van der Waals surface area contributed by atoms with Crippen molar-refractivity contribution in [3.63, 3.8) is 0 Å². The van der Waals surface area contributed by atoms with Gasteiger partial charge in [0.1, 0.15) is 0 Å². The van der Waals surface area contributed by atoms with Crippen molar-refractivity contribution in [2.45, 2.75) is 36.8 Å². The maximum Gasteiger partial charge on any atom is 0.0952 e. The summed E-state index contributed by atoms with van der Waals surface area (Å²) >= 11 is 11.3. The SMILES string of the molecule is CCCC[Si](C)C(Cl)Cl. The lowest BCUT2D eigenvalue weighted by Crippen LogP contribution is -2.16. The van der Waals surface area contributed by atoms with Gasteiger partial charge in [-0.15, -0.1) is 23.2 Å². The highest BCUT2D eigenvalue weighted by molar-refractivity contribution is 6.79. The van der Waals surface area contributed by atoms with Gasteiger partial charge in [0.2, 0.25) is 0 Å². The number of rotatable bonds is 4. The predicted molar refractivity (Wildman–Crippen MR) is 46.8 cm³/mol. The van der Waals surface area contributed by atoms with Crippen LogP contribution in [0, 0.1) is 0 Å². The van der Waals surface area contributed by atoms with Gasteiger partial charge >= 0.3 is 0 Å². The van der Waals surface area contributed by atoms with E-state index in [0.717, 1.165) is 0 Å². The van der Waals surface area contributed by atoms with E-state index < -0.39 is 8.80 Å². The van der Waals surface area contributed by atoms with Gasteiger partial charge in [-0.3, -0.25) is 0 Å². The molecular formula is C6H13Cl2Si. The normalized spacial score (nSPS) is 11.3. The van der Waals surface area contributed by atoms with Crippen LogP contribution in [0.1, 0.15) is 19.8 Å². The molecule has 1 radical (unpaired) electrons. The van der Waals surface area contributed by atoms with Crippen LogP contribution in [-0.4, -0.2) is 13.3 Å². The molecule has 0 atom stereocenters. The van der Waals surface area contributed by atoms with Crippen molar-refractivity contribution in [2.75, 3.05) is 0 Å². The fourth-order valence-electron chi connectivity index (χ4n) is 0.565. The molecular weight excluding hydrogens is 171 g/mol. The monoisotopic (exact) mass is 183 g/mol. The summed E-state index contributed by atoms with van der Waals surface area (Å²) in [6.07, 6.45) is 2.53. The molecule has 0 amide bonds. The van der Waals surface area contributed by atoms with E-state index in [1.807, 2.05) is 0 Å². The first kappa shape index (κ1) is 9.80. The van der Waals surface area contributed by atoms with Crippen LogP contribution in [0.25, 0.3) is 0 Å². The van der Waals surface area contributed by atoms with E-state index in [4.69, 9.17) is 23.2 Å². The molecule has 0 aromatic carbocycles. The lowest BCUT2D eigenvalue weighted by Gasteiger charge is -2.07. The van der Waals surface area contributed by atoms with Gasteiger partial charge in [0, 0.05) is 0 Å². The van der Waals surface area contributed by atoms with Gasteiger partial charge in [-0.1, -0.05) is 32.4 Å². The Balaban J connectivity index is 3.16. The minimum absolute atomic E-state index is 0.0819. The standard InChI is InChI=1S/C6H13Cl2Si/c1-3-4-5-9(2)6(7)8/h6H,3-5H2,1-2H3. The first-order valence-corrected chi connectivity index (χ1v) is 6.44. The summed E-state index contributed by atoms with van der Waals surface area (Å²) in [5, 5.41) is 0. The summed E-state index contributed by atoms with van der Waals surface area (Å²) in [5.74, 6) is 0. The Hall–Kier alpha value is 0.797. The second kappa shape index (κ2) is 5.57. The van der Waals surface area contributed by atoms with E-state index in [9.17, 15) is 0 Å². The van der Waals surface area contributed by atoms with Crippen molar-refractivity contribution in [2.24, 2.45) is 0 Å². The van der Waals surface area contributed by atoms with E-state index in [-0.39, 0.29) is 4.46 Å². The fourth-order valence-corrected chi connectivity index (χ4v) is 2.35. The number of hydrogen-bond acceptors (Lipinski definition) is 0. The molecule has 0 aliphatic rings. The van der Waals surface area contributed by atoms with Crippen LogP contribution in [0.2, 0.25) is 12.6 Å². The van der Waals surface area contributed by atoms with E-state index in [1.54, 1.807) is 0 Å². The van der Waals surface area contributed by atoms with Crippen molar-refractivity contribution in [3.8, 4) is 0 Å². The summed E-state index contributed by atoms with van der Waals surface area (Å²) in [6, 6.07) is 1.25. The molecule has 0 saturated heterocycles. The molecule has 0 aliphatic carbocycles. The Morgan fingerprint density at radius 3 is 2.33 bits per heavy atom. The number of halogens is 2. The van der Waals surface area contributed by atoms with Crippen LogP contribution in [0.3, 0.4) is 0 Å². The Labute approximate surface area is 69.1 Å². The maximum atomic E-state index is 5.67. The lowest BCUT2D eigenvalue weighted by molar-refractivity contribution is 0.873. The summed E-state index contributed by atoms with van der Waals surface area (Å²) in [4.78, 5) is 0. The molecule has 0 saturated carbocycles. The van der Waals surface area contributed by atoms with E-state index in [0.29, 0.717) is 0 Å². The van der Waals surface area contributed by atoms with Crippen molar-refractivity contribution in [3.05, 3.63) is 0 Å². The number of alkyl halides is 2. The maximum absolute atomic E-state index is 5.67. The molecule has 0 rings (SSSR count). The second-order valence-electron chi connectivity index (χ2n) is 2.25. The molecule has 0 nitrogen and oxygen atoms in total. The predicted octanol–water partition coefficient (Wildman–Crippen LogP) is 3.25. The van der Waals surface area contributed by atoms with Gasteiger partial charge in [0.15, 0.2) is 0 Å². The van der Waals surface area contributed by atoms with Gasteiger partial charge in [-0.25, -0.2) is 0 Å². The highest BCUT2D eigenvalue weighted by Crippen LogP contribution is 2.12. The van der Waals surface area contributed by atoms with Crippen LogP contribution in [-0.2, 0) is 0 Å². The molecule has 3 heteroatoms. The molecule has 0 fully saturated rings. The van der Waals surface area contributed by atoms with Crippen LogP contribution in [0.5, 0.6) is 0 Å². The smallest absolute Gasteiger partial charge is 0.0952 e. The van der Waals surface area contributed by atoms with Crippen LogP contribution in [0.4, 0.5) is 0 Å². The summed E-state index contributed by atoms with van der Waals surface area (Å²) in [6.45, 7) is 4.37. The fraction of sp³-hybridized carbons (Fsp3) is 1.00. The van der Waals surface area contributed by atoms with Crippen LogP contribution >= 0.6 is 23.2 Å². The van der Waals surface area contributed by atoms with Crippen molar-refractivity contribution < 1.29 is 0 Å². The molecule has 0 N–H and O–H groups in total. The summed E-state index contributed by atoms with van der Waals surface area (Å²) < 4.78 is -0.0819. The highest BCUT2D eigenvalue weighted by Gasteiger charge is 2.11. The van der Waals surface area contributed by atoms with Gasteiger partial charge in [-0.05, 0) is 0 Å². The summed E-state index contributed by atoms with van der Waals surface area (Å²) in [5.41, 5.74) is 0. The molecule has 55 valence electrons. The Morgan fingerprint density at radius 2 is 2.00 bits per heavy atom. The van der Waals surface area contributed by atoms with Gasteiger partial charge in [0.05, 0.1) is 13.3 Å². The first-order valence-electron chi connectivity index (χ1n) is 3.29. The van der Waals surface area contributed by atoms with Gasteiger partial charge < -0.3 is 0 Å². The average molecular weight is 184 g/mol. The topological polar surface area (TPSA) is 0 Å². The zero-order valence-electron chi connectivity index (χ0n) is 5.95. The molecule has 0 aromatic rings. The third kappa shape index (κ3) is 5.25. The average Bonchev–Trinajstić information content (AvgIpc) is 1.82. The van der Waals surface area contributed by atoms with Crippen LogP contribution < -0.4 is 0 Å².